The van der Waals surface area contributed by atoms with Crippen molar-refractivity contribution in [2.24, 2.45) is 5.92 Å². The van der Waals surface area contributed by atoms with Gasteiger partial charge in [-0.3, -0.25) is 14.5 Å². The molecule has 2 saturated heterocycles. The number of ether oxygens (including phenoxy) is 2. The molecule has 0 bridgehead atoms. The van der Waals surface area contributed by atoms with E-state index in [1.54, 1.807) is 9.80 Å². The summed E-state index contributed by atoms with van der Waals surface area (Å²) in [6, 6.07) is 15.3. The van der Waals surface area contributed by atoms with Crippen molar-refractivity contribution in [1.29, 1.82) is 0 Å². The summed E-state index contributed by atoms with van der Waals surface area (Å²) >= 11 is 1.47. The smallest absolute Gasteiger partial charge is 0.234 e. The highest BCUT2D eigenvalue weighted by Gasteiger charge is 2.39. The second kappa shape index (κ2) is 9.49. The van der Waals surface area contributed by atoms with E-state index in [-0.39, 0.29) is 24.3 Å². The summed E-state index contributed by atoms with van der Waals surface area (Å²) in [6.45, 7) is 4.09. The van der Waals surface area contributed by atoms with Gasteiger partial charge in [-0.25, -0.2) is 4.98 Å². The topological polar surface area (TPSA) is 72.0 Å². The van der Waals surface area contributed by atoms with E-state index in [0.29, 0.717) is 31.4 Å². The lowest BCUT2D eigenvalue weighted by atomic mass is 10.1. The number of rotatable bonds is 7. The summed E-state index contributed by atoms with van der Waals surface area (Å²) in [5, 5.41) is 0.643. The molecule has 3 heterocycles. The number of fused-ring (bicyclic) bond motifs is 1. The second-order valence-corrected chi connectivity index (χ2v) is 9.39. The minimum Gasteiger partial charge on any atom is -0.494 e. The normalized spacial score (nSPS) is 20.5. The van der Waals surface area contributed by atoms with Crippen LogP contribution in [0.2, 0.25) is 0 Å². The fourth-order valence-corrected chi connectivity index (χ4v) is 5.48. The van der Waals surface area contributed by atoms with Crippen LogP contribution in [0.15, 0.2) is 48.5 Å². The zero-order chi connectivity index (χ0) is 22.8. The van der Waals surface area contributed by atoms with Gasteiger partial charge in [0.2, 0.25) is 11.8 Å². The predicted molar refractivity (Wildman–Crippen MR) is 129 cm³/mol. The molecule has 33 heavy (non-hydrogen) atoms. The Bertz CT molecular complexity index is 1140. The van der Waals surface area contributed by atoms with Crippen molar-refractivity contribution >= 4 is 44.2 Å². The van der Waals surface area contributed by atoms with Crippen molar-refractivity contribution in [3.05, 3.63) is 48.5 Å². The number of benzene rings is 2. The minimum absolute atomic E-state index is 0.0118. The van der Waals surface area contributed by atoms with Gasteiger partial charge in [0.1, 0.15) is 5.75 Å². The Kier molecular flexibility index (Phi) is 6.28. The first-order chi connectivity index (χ1) is 16.1. The Morgan fingerprint density at radius 2 is 2.12 bits per heavy atom. The highest BCUT2D eigenvalue weighted by atomic mass is 32.1. The Morgan fingerprint density at radius 1 is 1.27 bits per heavy atom. The molecule has 172 valence electrons. The molecule has 2 aromatic carbocycles. The maximum atomic E-state index is 13.7. The molecule has 2 fully saturated rings. The number of aromatic nitrogens is 1. The largest absolute Gasteiger partial charge is 0.494 e. The number of nitrogens with zero attached hydrogens (tertiary/aromatic N) is 3. The van der Waals surface area contributed by atoms with Crippen molar-refractivity contribution in [2.75, 3.05) is 36.1 Å². The molecule has 2 atom stereocenters. The number of anilines is 2. The molecule has 2 unspecified atom stereocenters. The SMILES string of the molecule is CCOc1ccc2nc(N(CC3CCCO3)C(=O)C3CC(=O)N(c4ccccc4)C3)sc2c1. The first-order valence-electron chi connectivity index (χ1n) is 11.4. The Hall–Kier alpha value is -2.97. The molecular formula is C25H27N3O4S. The molecule has 2 aliphatic heterocycles. The van der Waals surface area contributed by atoms with E-state index < -0.39 is 5.92 Å². The maximum absolute atomic E-state index is 13.7. The number of hydrogen-bond donors (Lipinski definition) is 0. The van der Waals surface area contributed by atoms with E-state index in [9.17, 15) is 9.59 Å². The molecule has 2 aliphatic rings. The molecule has 8 heteroatoms. The Morgan fingerprint density at radius 3 is 2.88 bits per heavy atom. The third-order valence-corrected chi connectivity index (χ3v) is 7.15. The molecule has 0 radical (unpaired) electrons. The van der Waals surface area contributed by atoms with Gasteiger partial charge in [-0.1, -0.05) is 29.5 Å². The van der Waals surface area contributed by atoms with Crippen LogP contribution in [0.25, 0.3) is 10.2 Å². The lowest BCUT2D eigenvalue weighted by molar-refractivity contribution is -0.124. The first-order valence-corrected chi connectivity index (χ1v) is 12.3. The summed E-state index contributed by atoms with van der Waals surface area (Å²) < 4.78 is 12.4. The summed E-state index contributed by atoms with van der Waals surface area (Å²) in [6.07, 6.45) is 2.11. The van der Waals surface area contributed by atoms with Crippen molar-refractivity contribution in [3.8, 4) is 5.75 Å². The average Bonchev–Trinajstić information content (AvgIpc) is 3.57. The molecule has 1 aromatic heterocycles. The van der Waals surface area contributed by atoms with Gasteiger partial charge in [0.05, 0.1) is 35.4 Å². The summed E-state index contributed by atoms with van der Waals surface area (Å²) in [4.78, 5) is 34.7. The molecule has 0 aliphatic carbocycles. The molecule has 7 nitrogen and oxygen atoms in total. The van der Waals surface area contributed by atoms with Crippen LogP contribution in [0.4, 0.5) is 10.8 Å². The third-order valence-electron chi connectivity index (χ3n) is 6.11. The van der Waals surface area contributed by atoms with Gasteiger partial charge in [0.25, 0.3) is 0 Å². The molecule has 0 N–H and O–H groups in total. The number of para-hydroxylation sites is 1. The quantitative estimate of drug-likeness (QED) is 0.521. The van der Waals surface area contributed by atoms with Crippen molar-refractivity contribution in [3.63, 3.8) is 0 Å². The number of hydrogen-bond acceptors (Lipinski definition) is 6. The van der Waals surface area contributed by atoms with Gasteiger partial charge in [-0.15, -0.1) is 0 Å². The molecule has 0 spiro atoms. The van der Waals surface area contributed by atoms with Gasteiger partial charge < -0.3 is 14.4 Å². The maximum Gasteiger partial charge on any atom is 0.234 e. The standard InChI is InChI=1S/C25H27N3O4S/c1-2-31-19-10-11-21-22(14-19)33-25(26-21)28(16-20-9-6-12-32-20)24(30)17-13-23(29)27(15-17)18-7-4-3-5-8-18/h3-5,7-8,10-11,14,17,20H,2,6,9,12-13,15-16H2,1H3. The highest BCUT2D eigenvalue weighted by molar-refractivity contribution is 7.22. The fourth-order valence-electron chi connectivity index (χ4n) is 4.47. The number of carbonyl (C=O) groups excluding carboxylic acids is 2. The van der Waals surface area contributed by atoms with E-state index in [0.717, 1.165) is 34.5 Å². The molecule has 2 amide bonds. The molecule has 3 aromatic rings. The van der Waals surface area contributed by atoms with Crippen molar-refractivity contribution in [1.82, 2.24) is 4.98 Å². The van der Waals surface area contributed by atoms with Crippen LogP contribution in [0.3, 0.4) is 0 Å². The van der Waals surface area contributed by atoms with E-state index in [1.807, 2.05) is 55.5 Å². The number of amides is 2. The van der Waals surface area contributed by atoms with Gasteiger partial charge in [-0.05, 0) is 50.1 Å². The lowest BCUT2D eigenvalue weighted by Crippen LogP contribution is -2.42. The van der Waals surface area contributed by atoms with Gasteiger partial charge in [0, 0.05) is 25.3 Å². The van der Waals surface area contributed by atoms with Crippen LogP contribution < -0.4 is 14.5 Å². The zero-order valence-corrected chi connectivity index (χ0v) is 19.4. The summed E-state index contributed by atoms with van der Waals surface area (Å²) in [5.74, 6) is 0.283. The van der Waals surface area contributed by atoms with Crippen LogP contribution in [0, 0.1) is 5.92 Å². The minimum atomic E-state index is -0.412. The Labute approximate surface area is 196 Å². The molecule has 0 saturated carbocycles. The lowest BCUT2D eigenvalue weighted by Gasteiger charge is -2.25. The van der Waals surface area contributed by atoms with Gasteiger partial charge in [0.15, 0.2) is 5.13 Å². The predicted octanol–water partition coefficient (Wildman–Crippen LogP) is 4.26. The third kappa shape index (κ3) is 4.58. The average molecular weight is 466 g/mol. The zero-order valence-electron chi connectivity index (χ0n) is 18.6. The van der Waals surface area contributed by atoms with Crippen LogP contribution >= 0.6 is 11.3 Å². The number of thiazole rings is 1. The summed E-state index contributed by atoms with van der Waals surface area (Å²) in [5.41, 5.74) is 1.66. The van der Waals surface area contributed by atoms with Gasteiger partial charge >= 0.3 is 0 Å². The van der Waals surface area contributed by atoms with Crippen LogP contribution in [0.5, 0.6) is 5.75 Å². The number of carbonyl (C=O) groups is 2. The monoisotopic (exact) mass is 465 g/mol. The fraction of sp³-hybridized carbons (Fsp3) is 0.400. The Balaban J connectivity index is 1.42. The van der Waals surface area contributed by atoms with Crippen LogP contribution in [-0.2, 0) is 14.3 Å². The highest BCUT2D eigenvalue weighted by Crippen LogP contribution is 2.34. The molecular weight excluding hydrogens is 438 g/mol. The second-order valence-electron chi connectivity index (χ2n) is 8.38. The van der Waals surface area contributed by atoms with Crippen LogP contribution in [-0.4, -0.2) is 49.2 Å². The summed E-state index contributed by atoms with van der Waals surface area (Å²) in [7, 11) is 0. The first kappa shape index (κ1) is 21.9. The van der Waals surface area contributed by atoms with Crippen molar-refractivity contribution < 1.29 is 19.1 Å². The van der Waals surface area contributed by atoms with E-state index in [2.05, 4.69) is 0 Å². The van der Waals surface area contributed by atoms with E-state index in [4.69, 9.17) is 14.5 Å². The van der Waals surface area contributed by atoms with Crippen LogP contribution in [0.1, 0.15) is 26.2 Å². The van der Waals surface area contributed by atoms with Gasteiger partial charge in [-0.2, -0.15) is 0 Å². The van der Waals surface area contributed by atoms with E-state index >= 15 is 0 Å². The van der Waals surface area contributed by atoms with E-state index in [1.165, 1.54) is 11.3 Å². The van der Waals surface area contributed by atoms with Crippen molar-refractivity contribution in [2.45, 2.75) is 32.3 Å². The molecule has 5 rings (SSSR count).